The molecule has 4 aromatic rings. The zero-order valence-corrected chi connectivity index (χ0v) is 27.1. The topological polar surface area (TPSA) is 105 Å². The van der Waals surface area contributed by atoms with E-state index in [2.05, 4.69) is 23.7 Å². The van der Waals surface area contributed by atoms with Crippen molar-refractivity contribution in [1.29, 1.82) is 0 Å². The first-order valence-electron chi connectivity index (χ1n) is 15.3. The monoisotopic (exact) mass is 615 g/mol. The maximum atomic E-state index is 13.4. The van der Waals surface area contributed by atoms with E-state index in [1.54, 1.807) is 12.1 Å². The number of nitrogens with zero attached hydrogens (tertiary/aromatic N) is 2. The molecule has 0 spiro atoms. The minimum absolute atomic E-state index is 0.150. The van der Waals surface area contributed by atoms with Crippen molar-refractivity contribution in [3.63, 3.8) is 0 Å². The van der Waals surface area contributed by atoms with Crippen molar-refractivity contribution in [2.45, 2.75) is 79.6 Å². The number of aromatic amines is 1. The number of halogens is 1. The molecular weight excluding hydrogens is 573 g/mol. The van der Waals surface area contributed by atoms with Gasteiger partial charge in [-0.15, -0.1) is 0 Å². The van der Waals surface area contributed by atoms with Crippen LogP contribution in [-0.4, -0.2) is 39.7 Å². The van der Waals surface area contributed by atoms with E-state index < -0.39 is 17.7 Å². The molecule has 0 aliphatic carbocycles. The zero-order valence-electron chi connectivity index (χ0n) is 27.1. The van der Waals surface area contributed by atoms with Gasteiger partial charge in [-0.3, -0.25) is 9.78 Å². The van der Waals surface area contributed by atoms with Crippen molar-refractivity contribution in [1.82, 2.24) is 9.97 Å². The molecule has 2 N–H and O–H groups in total. The Labute approximate surface area is 263 Å². The van der Waals surface area contributed by atoms with Crippen molar-refractivity contribution >= 4 is 22.6 Å². The van der Waals surface area contributed by atoms with Gasteiger partial charge in [0.25, 0.3) is 5.56 Å². The minimum Gasteiger partial charge on any atom is -0.488 e. The fourth-order valence-corrected chi connectivity index (χ4v) is 5.99. The second-order valence-electron chi connectivity index (χ2n) is 13.7. The molecule has 0 bridgehead atoms. The minimum atomic E-state index is -1.23. The molecule has 2 aromatic heterocycles. The van der Waals surface area contributed by atoms with Crippen molar-refractivity contribution < 1.29 is 23.8 Å². The molecule has 2 aromatic carbocycles. The summed E-state index contributed by atoms with van der Waals surface area (Å²) in [5.74, 6) is -1.02. The quantitative estimate of drug-likeness (QED) is 0.212. The first kappa shape index (κ1) is 32.2. The zero-order chi connectivity index (χ0) is 32.7. The highest BCUT2D eigenvalue weighted by molar-refractivity contribution is 5.94. The normalized spacial score (nSPS) is 15.7. The van der Waals surface area contributed by atoms with Gasteiger partial charge in [-0.1, -0.05) is 32.0 Å². The van der Waals surface area contributed by atoms with Crippen molar-refractivity contribution in [2.24, 2.45) is 5.41 Å². The number of ether oxygens (including phenoxy) is 2. The number of nitrogens with one attached hydrogen (secondary N) is 1. The van der Waals surface area contributed by atoms with Crippen molar-refractivity contribution in [2.75, 3.05) is 18.0 Å². The maximum absolute atomic E-state index is 13.4. The number of piperidine rings is 1. The second kappa shape index (κ2) is 12.3. The largest absolute Gasteiger partial charge is 0.488 e. The van der Waals surface area contributed by atoms with Gasteiger partial charge >= 0.3 is 5.97 Å². The Hall–Kier alpha value is -4.24. The summed E-state index contributed by atoms with van der Waals surface area (Å²) in [6, 6.07) is 13.1. The lowest BCUT2D eigenvalue weighted by atomic mass is 9.81. The SMILES string of the molecule is Cc1nc(C)c([C@H](OC(C)(C)C)C(=O)O)c(N2CCC(C)(C)CC2)c1-c1ccc2[nH]c(=O)cc(OCc3ccc(F)cc3)c2c1. The molecular formula is C36H42FN3O5. The van der Waals surface area contributed by atoms with Crippen LogP contribution >= 0.6 is 0 Å². The number of carbonyl (C=O) groups is 1. The number of aromatic nitrogens is 2. The molecule has 0 amide bonds. The fourth-order valence-electron chi connectivity index (χ4n) is 5.99. The highest BCUT2D eigenvalue weighted by atomic mass is 19.1. The second-order valence-corrected chi connectivity index (χ2v) is 13.7. The lowest BCUT2D eigenvalue weighted by molar-refractivity contribution is -0.160. The summed E-state index contributed by atoms with van der Waals surface area (Å²) in [5, 5.41) is 11.2. The number of fused-ring (bicyclic) bond motifs is 1. The molecule has 1 aliphatic heterocycles. The first-order valence-corrected chi connectivity index (χ1v) is 15.3. The van der Waals surface area contributed by atoms with Crippen LogP contribution in [-0.2, 0) is 16.1 Å². The molecule has 8 nitrogen and oxygen atoms in total. The fraction of sp³-hybridized carbons (Fsp3) is 0.417. The summed E-state index contributed by atoms with van der Waals surface area (Å²) in [6.07, 6.45) is 0.669. The molecule has 9 heteroatoms. The number of aryl methyl sites for hydroxylation is 2. The van der Waals surface area contributed by atoms with Crippen LogP contribution in [0.2, 0.25) is 0 Å². The van der Waals surface area contributed by atoms with E-state index in [9.17, 15) is 19.1 Å². The van der Waals surface area contributed by atoms with Crippen LogP contribution in [0.5, 0.6) is 5.75 Å². The standard InChI is InChI=1S/C36H42FN3O5/c1-21-30(24-10-13-27-26(18-24)28(19-29(41)39-27)44-20-23-8-11-25(37)12-9-23)32(40-16-14-36(6,7)15-17-40)31(22(2)38-21)33(34(42)43)45-35(3,4)5/h8-13,18-19,33H,14-17,20H2,1-7H3,(H,39,41)(H,42,43)/t33-/m0/s1. The molecule has 1 saturated heterocycles. The Balaban J connectivity index is 1.70. The lowest BCUT2D eigenvalue weighted by Crippen LogP contribution is -2.39. The molecule has 0 unspecified atom stereocenters. The van der Waals surface area contributed by atoms with Gasteiger partial charge in [0, 0.05) is 47.1 Å². The number of rotatable bonds is 8. The van der Waals surface area contributed by atoms with Gasteiger partial charge in [-0.2, -0.15) is 0 Å². The lowest BCUT2D eigenvalue weighted by Gasteiger charge is -2.41. The third-order valence-electron chi connectivity index (χ3n) is 8.37. The van der Waals surface area contributed by atoms with Crippen molar-refractivity contribution in [3.8, 4) is 16.9 Å². The van der Waals surface area contributed by atoms with Crippen LogP contribution in [0.15, 0.2) is 53.3 Å². The maximum Gasteiger partial charge on any atom is 0.337 e. The van der Waals surface area contributed by atoms with Gasteiger partial charge in [-0.25, -0.2) is 9.18 Å². The van der Waals surface area contributed by atoms with E-state index in [1.165, 1.54) is 18.2 Å². The summed E-state index contributed by atoms with van der Waals surface area (Å²) >= 11 is 0. The predicted octanol–water partition coefficient (Wildman–Crippen LogP) is 7.49. The van der Waals surface area contributed by atoms with Crippen LogP contribution in [0.3, 0.4) is 0 Å². The Bertz CT molecular complexity index is 1780. The Morgan fingerprint density at radius 2 is 1.73 bits per heavy atom. The number of anilines is 1. The highest BCUT2D eigenvalue weighted by Crippen LogP contribution is 2.45. The van der Waals surface area contributed by atoms with E-state index in [4.69, 9.17) is 14.5 Å². The summed E-state index contributed by atoms with van der Waals surface area (Å²) in [6.45, 7) is 15.5. The van der Waals surface area contributed by atoms with Crippen molar-refractivity contribution in [3.05, 3.63) is 87.2 Å². The van der Waals surface area contributed by atoms with Gasteiger partial charge in [0.15, 0.2) is 6.10 Å². The molecule has 0 radical (unpaired) electrons. The molecule has 238 valence electrons. The van der Waals surface area contributed by atoms with Crippen LogP contribution in [0.4, 0.5) is 10.1 Å². The smallest absolute Gasteiger partial charge is 0.337 e. The molecule has 3 heterocycles. The average Bonchev–Trinajstić information content (AvgIpc) is 2.95. The van der Waals surface area contributed by atoms with Gasteiger partial charge in [0.1, 0.15) is 18.2 Å². The molecule has 1 fully saturated rings. The Morgan fingerprint density at radius 1 is 1.07 bits per heavy atom. The molecule has 0 saturated carbocycles. The Kier molecular flexibility index (Phi) is 8.77. The van der Waals surface area contributed by atoms with E-state index in [-0.39, 0.29) is 23.4 Å². The predicted molar refractivity (Wildman–Crippen MR) is 174 cm³/mol. The third kappa shape index (κ3) is 7.20. The Morgan fingerprint density at radius 3 is 2.36 bits per heavy atom. The van der Waals surface area contributed by atoms with Gasteiger partial charge < -0.3 is 24.5 Å². The summed E-state index contributed by atoms with van der Waals surface area (Å²) in [5.41, 5.74) is 4.87. The third-order valence-corrected chi connectivity index (χ3v) is 8.37. The highest BCUT2D eigenvalue weighted by Gasteiger charge is 2.36. The van der Waals surface area contributed by atoms with Crippen LogP contribution in [0.1, 0.15) is 76.1 Å². The van der Waals surface area contributed by atoms with Gasteiger partial charge in [-0.05, 0) is 88.3 Å². The molecule has 1 aliphatic rings. The van der Waals surface area contributed by atoms with E-state index in [1.807, 2.05) is 52.8 Å². The van der Waals surface area contributed by atoms with E-state index in [0.717, 1.165) is 54.0 Å². The van der Waals surface area contributed by atoms with Gasteiger partial charge in [0.2, 0.25) is 0 Å². The number of aliphatic carboxylic acids is 1. The number of hydrogen-bond donors (Lipinski definition) is 2. The van der Waals surface area contributed by atoms with Gasteiger partial charge in [0.05, 0.1) is 16.8 Å². The first-order chi connectivity index (χ1) is 21.1. The number of benzene rings is 2. The van der Waals surface area contributed by atoms with Crippen LogP contribution in [0.25, 0.3) is 22.0 Å². The number of carboxylic acids is 1. The van der Waals surface area contributed by atoms with E-state index in [0.29, 0.717) is 27.9 Å². The number of pyridine rings is 2. The van der Waals surface area contributed by atoms with Crippen LogP contribution < -0.4 is 15.2 Å². The molecule has 1 atom stereocenters. The van der Waals surface area contributed by atoms with E-state index >= 15 is 0 Å². The summed E-state index contributed by atoms with van der Waals surface area (Å²) in [4.78, 5) is 35.4. The summed E-state index contributed by atoms with van der Waals surface area (Å²) in [7, 11) is 0. The number of H-pyrrole nitrogens is 1. The molecule has 5 rings (SSSR count). The average molecular weight is 616 g/mol. The van der Waals surface area contributed by atoms with Crippen LogP contribution in [0, 0.1) is 25.1 Å². The number of carboxylic acid groups (broad SMARTS) is 1. The molecule has 45 heavy (non-hydrogen) atoms. The number of hydrogen-bond acceptors (Lipinski definition) is 6. The summed E-state index contributed by atoms with van der Waals surface area (Å²) < 4.78 is 25.8.